The van der Waals surface area contributed by atoms with E-state index in [4.69, 9.17) is 18.9 Å². The van der Waals surface area contributed by atoms with E-state index in [0.29, 0.717) is 17.4 Å². The van der Waals surface area contributed by atoms with E-state index in [2.05, 4.69) is 29.4 Å². The molecule has 2 atom stereocenters. The number of nitrogens with one attached hydrogen (secondary N) is 1. The topological polar surface area (TPSA) is 69.3 Å². The van der Waals surface area contributed by atoms with Crippen LogP contribution in [0.1, 0.15) is 41.9 Å². The highest BCUT2D eigenvalue weighted by Gasteiger charge is 2.30. The normalized spacial score (nSPS) is 18.8. The molecule has 34 heavy (non-hydrogen) atoms. The molecular formula is C27H36N2O5. The fraction of sp³-hybridized carbons (Fsp3) is 0.519. The monoisotopic (exact) mass is 468 g/mol. The summed E-state index contributed by atoms with van der Waals surface area (Å²) in [7, 11) is 8.76. The van der Waals surface area contributed by atoms with Crippen molar-refractivity contribution < 1.29 is 23.7 Å². The lowest BCUT2D eigenvalue weighted by atomic mass is 9.77. The molecule has 7 heteroatoms. The number of anilines is 1. The minimum Gasteiger partial charge on any atom is -0.493 e. The predicted octanol–water partition coefficient (Wildman–Crippen LogP) is 4.27. The van der Waals surface area contributed by atoms with Crippen LogP contribution in [0.4, 0.5) is 5.69 Å². The molecular weight excluding hydrogens is 432 g/mol. The zero-order valence-corrected chi connectivity index (χ0v) is 20.9. The van der Waals surface area contributed by atoms with E-state index in [1.54, 1.807) is 28.4 Å². The van der Waals surface area contributed by atoms with E-state index in [1.165, 1.54) is 11.1 Å². The molecule has 1 aliphatic heterocycles. The molecule has 1 N–H and O–H groups in total. The Kier molecular flexibility index (Phi) is 7.51. The van der Waals surface area contributed by atoms with Crippen molar-refractivity contribution in [3.63, 3.8) is 0 Å². The second-order valence-electron chi connectivity index (χ2n) is 9.30. The van der Waals surface area contributed by atoms with Crippen molar-refractivity contribution in [1.82, 2.24) is 4.90 Å². The quantitative estimate of drug-likeness (QED) is 0.562. The number of likely N-dealkylation sites (N-methyl/N-ethyl adjacent to an activating group) is 1. The van der Waals surface area contributed by atoms with Gasteiger partial charge in [0.2, 0.25) is 5.91 Å². The van der Waals surface area contributed by atoms with Gasteiger partial charge in [0.1, 0.15) is 0 Å². The van der Waals surface area contributed by atoms with Crippen LogP contribution in [-0.2, 0) is 17.6 Å². The summed E-state index contributed by atoms with van der Waals surface area (Å²) in [5.74, 6) is 3.56. The SMILES string of the molecule is COc1cc2c(cc1OC)NC(=O)C(CCCN(C)C[C@@H]1Cc3cc(OC)c(OC)cc31)CC2. The summed E-state index contributed by atoms with van der Waals surface area (Å²) in [6.07, 6.45) is 4.62. The molecule has 1 unspecified atom stereocenters. The molecule has 2 aromatic rings. The first-order valence-corrected chi connectivity index (χ1v) is 12.0. The number of hydrogen-bond acceptors (Lipinski definition) is 6. The second-order valence-corrected chi connectivity index (χ2v) is 9.30. The van der Waals surface area contributed by atoms with E-state index in [1.807, 2.05) is 12.1 Å². The number of methoxy groups -OCH3 is 4. The number of carbonyl (C=O) groups excluding carboxylic acids is 1. The smallest absolute Gasteiger partial charge is 0.227 e. The lowest BCUT2D eigenvalue weighted by Crippen LogP contribution is -2.32. The Labute approximate surface area is 202 Å². The highest BCUT2D eigenvalue weighted by Crippen LogP contribution is 2.42. The minimum absolute atomic E-state index is 0.0129. The average Bonchev–Trinajstić information content (AvgIpc) is 2.98. The van der Waals surface area contributed by atoms with E-state index in [9.17, 15) is 4.79 Å². The molecule has 7 nitrogen and oxygen atoms in total. The first-order chi connectivity index (χ1) is 16.5. The fourth-order valence-electron chi connectivity index (χ4n) is 5.19. The Balaban J connectivity index is 1.28. The third-order valence-electron chi connectivity index (χ3n) is 7.18. The Hall–Kier alpha value is -2.93. The number of nitrogens with zero attached hydrogens (tertiary/aromatic N) is 1. The van der Waals surface area contributed by atoms with Gasteiger partial charge in [0.15, 0.2) is 23.0 Å². The van der Waals surface area contributed by atoms with Crippen LogP contribution in [0.2, 0.25) is 0 Å². The first-order valence-electron chi connectivity index (χ1n) is 12.0. The largest absolute Gasteiger partial charge is 0.493 e. The molecule has 0 bridgehead atoms. The molecule has 0 saturated heterocycles. The van der Waals surface area contributed by atoms with Crippen LogP contribution in [0, 0.1) is 5.92 Å². The van der Waals surface area contributed by atoms with E-state index >= 15 is 0 Å². The zero-order valence-electron chi connectivity index (χ0n) is 20.9. The molecule has 4 rings (SSSR count). The molecule has 1 amide bonds. The summed E-state index contributed by atoms with van der Waals surface area (Å²) in [5, 5.41) is 3.11. The van der Waals surface area contributed by atoms with Gasteiger partial charge < -0.3 is 29.2 Å². The summed E-state index contributed by atoms with van der Waals surface area (Å²) >= 11 is 0. The number of rotatable bonds is 10. The van der Waals surface area contributed by atoms with Crippen LogP contribution < -0.4 is 24.3 Å². The van der Waals surface area contributed by atoms with Gasteiger partial charge in [0.05, 0.1) is 28.4 Å². The maximum absolute atomic E-state index is 12.9. The lowest BCUT2D eigenvalue weighted by molar-refractivity contribution is -0.120. The summed E-state index contributed by atoms with van der Waals surface area (Å²) < 4.78 is 21.7. The van der Waals surface area contributed by atoms with Crippen molar-refractivity contribution in [2.45, 2.75) is 38.0 Å². The highest BCUT2D eigenvalue weighted by atomic mass is 16.5. The van der Waals surface area contributed by atoms with Gasteiger partial charge in [-0.1, -0.05) is 0 Å². The van der Waals surface area contributed by atoms with Gasteiger partial charge >= 0.3 is 0 Å². The second kappa shape index (κ2) is 10.6. The van der Waals surface area contributed by atoms with Crippen molar-refractivity contribution in [2.24, 2.45) is 5.92 Å². The van der Waals surface area contributed by atoms with Gasteiger partial charge in [-0.2, -0.15) is 0 Å². The van der Waals surface area contributed by atoms with Gasteiger partial charge in [-0.25, -0.2) is 0 Å². The van der Waals surface area contributed by atoms with Crippen LogP contribution in [0.25, 0.3) is 0 Å². The molecule has 1 aliphatic carbocycles. The van der Waals surface area contributed by atoms with Crippen molar-refractivity contribution in [3.05, 3.63) is 41.0 Å². The van der Waals surface area contributed by atoms with Crippen LogP contribution in [0.15, 0.2) is 24.3 Å². The number of aryl methyl sites for hydroxylation is 1. The van der Waals surface area contributed by atoms with Crippen LogP contribution in [0.3, 0.4) is 0 Å². The van der Waals surface area contributed by atoms with Crippen LogP contribution in [0.5, 0.6) is 23.0 Å². The third-order valence-corrected chi connectivity index (χ3v) is 7.18. The number of hydrogen-bond donors (Lipinski definition) is 1. The summed E-state index contributed by atoms with van der Waals surface area (Å²) in [5.41, 5.74) is 4.63. The van der Waals surface area contributed by atoms with Crippen molar-refractivity contribution in [2.75, 3.05) is 53.9 Å². The molecule has 0 fully saturated rings. The molecule has 0 aromatic heterocycles. The Bertz CT molecular complexity index is 1040. The van der Waals surface area contributed by atoms with Crippen molar-refractivity contribution in [3.8, 4) is 23.0 Å². The van der Waals surface area contributed by atoms with E-state index < -0.39 is 0 Å². The van der Waals surface area contributed by atoms with Crippen molar-refractivity contribution >= 4 is 11.6 Å². The molecule has 0 spiro atoms. The maximum atomic E-state index is 12.9. The van der Waals surface area contributed by atoms with E-state index in [-0.39, 0.29) is 11.8 Å². The molecule has 1 heterocycles. The molecule has 0 radical (unpaired) electrons. The summed E-state index contributed by atoms with van der Waals surface area (Å²) in [6, 6.07) is 8.06. The minimum atomic E-state index is 0.0129. The fourth-order valence-corrected chi connectivity index (χ4v) is 5.19. The third kappa shape index (κ3) is 4.94. The van der Waals surface area contributed by atoms with Gasteiger partial charge in [0.25, 0.3) is 0 Å². The maximum Gasteiger partial charge on any atom is 0.227 e. The van der Waals surface area contributed by atoms with Crippen LogP contribution in [-0.4, -0.2) is 59.4 Å². The average molecular weight is 469 g/mol. The Morgan fingerprint density at radius 2 is 1.50 bits per heavy atom. The number of fused-ring (bicyclic) bond motifs is 2. The van der Waals surface area contributed by atoms with E-state index in [0.717, 1.165) is 67.9 Å². The molecule has 2 aromatic carbocycles. The molecule has 0 saturated carbocycles. The van der Waals surface area contributed by atoms with Crippen molar-refractivity contribution in [1.29, 1.82) is 0 Å². The van der Waals surface area contributed by atoms with Crippen LogP contribution >= 0.6 is 0 Å². The van der Waals surface area contributed by atoms with Gasteiger partial charge in [-0.05, 0) is 80.6 Å². The standard InChI is InChI=1S/C27H36N2O5/c1-29(16-20-11-19-13-24(32-3)25(33-4)14-21(19)20)10-6-7-17-8-9-18-12-23(31-2)26(34-5)15-22(18)28-27(17)30/h12-15,17,20H,6-11,16H2,1-5H3,(H,28,30)/t17?,20-/m0/s1. The van der Waals surface area contributed by atoms with Gasteiger partial charge in [0, 0.05) is 30.1 Å². The highest BCUT2D eigenvalue weighted by molar-refractivity contribution is 5.94. The number of amides is 1. The molecule has 2 aliphatic rings. The molecule has 184 valence electrons. The Morgan fingerprint density at radius 1 is 0.882 bits per heavy atom. The number of benzene rings is 2. The predicted molar refractivity (Wildman–Crippen MR) is 133 cm³/mol. The number of carbonyl (C=O) groups is 1. The Morgan fingerprint density at radius 3 is 2.18 bits per heavy atom. The number of ether oxygens (including phenoxy) is 4. The zero-order chi connectivity index (χ0) is 24.2. The van der Waals surface area contributed by atoms with Gasteiger partial charge in [-0.3, -0.25) is 4.79 Å². The van der Waals surface area contributed by atoms with Gasteiger partial charge in [-0.15, -0.1) is 0 Å². The first kappa shape index (κ1) is 24.2. The summed E-state index contributed by atoms with van der Waals surface area (Å²) in [6.45, 7) is 1.97. The summed E-state index contributed by atoms with van der Waals surface area (Å²) in [4.78, 5) is 15.2. The lowest BCUT2D eigenvalue weighted by Gasteiger charge is -2.34.